The minimum atomic E-state index is 0.886. The van der Waals surface area contributed by atoms with Crippen LogP contribution in [0.1, 0.15) is 99.7 Å². The zero-order valence-electron chi connectivity index (χ0n) is 22.3. The zero-order chi connectivity index (χ0) is 25.0. The Morgan fingerprint density at radius 2 is 1.31 bits per heavy atom. The molecule has 0 saturated heterocycles. The predicted octanol–water partition coefficient (Wildman–Crippen LogP) is 7.44. The van der Waals surface area contributed by atoms with Crippen molar-refractivity contribution in [2.45, 2.75) is 103 Å². The van der Waals surface area contributed by atoms with Crippen molar-refractivity contribution < 1.29 is 5.11 Å². The first-order valence-electron chi connectivity index (χ1n) is 14.5. The number of nitrogens with zero attached hydrogens (tertiary/aromatic N) is 3. The Hall–Kier alpha value is -2.33. The molecule has 3 aromatic heterocycles. The molecule has 6 rings (SSSR count). The molecule has 0 aromatic carbocycles. The lowest BCUT2D eigenvalue weighted by Gasteiger charge is -2.16. The lowest BCUT2D eigenvalue weighted by atomic mass is 9.94. The normalized spacial score (nSPS) is 17.7. The van der Waals surface area contributed by atoms with E-state index in [9.17, 15) is 0 Å². The fourth-order valence-corrected chi connectivity index (χ4v) is 6.20. The van der Waals surface area contributed by atoms with Crippen LogP contribution < -0.4 is 0 Å². The van der Waals surface area contributed by atoms with E-state index in [0.717, 1.165) is 36.4 Å². The minimum Gasteiger partial charge on any atom is -0.400 e. The molecule has 1 N–H and O–H groups in total. The van der Waals surface area contributed by atoms with Crippen molar-refractivity contribution in [3.63, 3.8) is 0 Å². The highest BCUT2D eigenvalue weighted by atomic mass is 16.2. The summed E-state index contributed by atoms with van der Waals surface area (Å²) >= 11 is 0. The van der Waals surface area contributed by atoms with E-state index in [1.54, 1.807) is 0 Å². The van der Waals surface area contributed by atoms with Crippen LogP contribution in [0.2, 0.25) is 0 Å². The summed E-state index contributed by atoms with van der Waals surface area (Å²) in [5.74, 6) is 1.93. The Morgan fingerprint density at radius 3 is 2.00 bits per heavy atom. The van der Waals surface area contributed by atoms with Crippen LogP contribution in [0, 0.1) is 11.8 Å². The highest BCUT2D eigenvalue weighted by molar-refractivity contribution is 5.74. The smallest absolute Gasteiger partial charge is 0.159 e. The second kappa shape index (κ2) is 14.4. The Morgan fingerprint density at radius 1 is 0.694 bits per heavy atom. The van der Waals surface area contributed by atoms with Gasteiger partial charge < -0.3 is 5.11 Å². The zero-order valence-corrected chi connectivity index (χ0v) is 22.3. The molecule has 3 aliphatic rings. The molecule has 3 aliphatic carbocycles. The molecule has 194 valence electrons. The monoisotopic (exact) mass is 487 g/mol. The average molecular weight is 488 g/mol. The van der Waals surface area contributed by atoms with Gasteiger partial charge in [0, 0.05) is 35.8 Å². The number of aryl methyl sites for hydroxylation is 4. The molecule has 36 heavy (non-hydrogen) atoms. The molecular weight excluding hydrogens is 442 g/mol. The molecule has 3 heterocycles. The third-order valence-electron chi connectivity index (χ3n) is 8.32. The van der Waals surface area contributed by atoms with Crippen LogP contribution >= 0.6 is 0 Å². The SMILES string of the molecule is CO.c1cc2c(nc1CCC1CCCC1)CCCC2.c1cnc2nc(CCC3CCCC3)ccc2c1. The summed E-state index contributed by atoms with van der Waals surface area (Å²) in [6, 6.07) is 12.9. The molecule has 3 aromatic rings. The fourth-order valence-electron chi connectivity index (χ4n) is 6.20. The number of aliphatic hydroxyl groups is 1. The van der Waals surface area contributed by atoms with Crippen molar-refractivity contribution >= 4 is 11.0 Å². The number of hydrogen-bond donors (Lipinski definition) is 1. The van der Waals surface area contributed by atoms with Gasteiger partial charge in [-0.1, -0.05) is 57.4 Å². The van der Waals surface area contributed by atoms with Crippen molar-refractivity contribution in [1.29, 1.82) is 0 Å². The van der Waals surface area contributed by atoms with Crippen molar-refractivity contribution in [1.82, 2.24) is 15.0 Å². The number of pyridine rings is 3. The summed E-state index contributed by atoms with van der Waals surface area (Å²) in [5, 5.41) is 8.14. The van der Waals surface area contributed by atoms with E-state index in [1.807, 2.05) is 12.3 Å². The van der Waals surface area contributed by atoms with E-state index in [4.69, 9.17) is 10.1 Å². The van der Waals surface area contributed by atoms with Crippen LogP contribution in [0.5, 0.6) is 0 Å². The van der Waals surface area contributed by atoms with Gasteiger partial charge in [0.1, 0.15) is 0 Å². The van der Waals surface area contributed by atoms with Gasteiger partial charge in [0.2, 0.25) is 0 Å². The summed E-state index contributed by atoms with van der Waals surface area (Å²) in [6.45, 7) is 0. The molecule has 0 unspecified atom stereocenters. The van der Waals surface area contributed by atoms with Crippen molar-refractivity contribution in [2.75, 3.05) is 7.11 Å². The summed E-state index contributed by atoms with van der Waals surface area (Å²) in [7, 11) is 1.00. The maximum atomic E-state index is 7.00. The molecule has 4 nitrogen and oxygen atoms in total. The van der Waals surface area contributed by atoms with Gasteiger partial charge in [0.15, 0.2) is 5.65 Å². The number of rotatable bonds is 6. The van der Waals surface area contributed by atoms with Gasteiger partial charge in [-0.25, -0.2) is 9.97 Å². The first-order chi connectivity index (χ1) is 17.8. The van der Waals surface area contributed by atoms with Crippen LogP contribution in [-0.2, 0) is 25.7 Å². The summed E-state index contributed by atoms with van der Waals surface area (Å²) in [6.07, 6.45) is 23.5. The molecule has 0 aliphatic heterocycles. The van der Waals surface area contributed by atoms with Crippen LogP contribution in [-0.4, -0.2) is 27.2 Å². The quantitative estimate of drug-likeness (QED) is 0.392. The third-order valence-corrected chi connectivity index (χ3v) is 8.32. The average Bonchev–Trinajstić information content (AvgIpc) is 3.67. The maximum Gasteiger partial charge on any atom is 0.159 e. The molecule has 2 fully saturated rings. The van der Waals surface area contributed by atoms with Crippen molar-refractivity contribution in [2.24, 2.45) is 11.8 Å². The Balaban J connectivity index is 0.000000158. The van der Waals surface area contributed by atoms with Crippen molar-refractivity contribution in [3.05, 3.63) is 65.2 Å². The predicted molar refractivity (Wildman–Crippen MR) is 149 cm³/mol. The minimum absolute atomic E-state index is 0.886. The van der Waals surface area contributed by atoms with Crippen molar-refractivity contribution in [3.8, 4) is 0 Å². The molecule has 0 bridgehead atoms. The lowest BCUT2D eigenvalue weighted by Crippen LogP contribution is -2.07. The fraction of sp³-hybridized carbons (Fsp3) is 0.594. The van der Waals surface area contributed by atoms with E-state index in [0.29, 0.717) is 0 Å². The Labute approximate surface area is 218 Å². The first-order valence-corrected chi connectivity index (χ1v) is 14.5. The number of aromatic nitrogens is 3. The molecular formula is C32H45N3O. The third kappa shape index (κ3) is 7.83. The van der Waals surface area contributed by atoms with Gasteiger partial charge >= 0.3 is 0 Å². The second-order valence-electron chi connectivity index (χ2n) is 10.8. The van der Waals surface area contributed by atoms with Gasteiger partial charge in [0.05, 0.1) is 0 Å². The lowest BCUT2D eigenvalue weighted by molar-refractivity contribution is 0.399. The Kier molecular flexibility index (Phi) is 10.7. The van der Waals surface area contributed by atoms with Crippen LogP contribution in [0.4, 0.5) is 0 Å². The summed E-state index contributed by atoms with van der Waals surface area (Å²) in [5.41, 5.74) is 6.35. The molecule has 4 heteroatoms. The number of fused-ring (bicyclic) bond motifs is 2. The van der Waals surface area contributed by atoms with Crippen LogP contribution in [0.3, 0.4) is 0 Å². The molecule has 2 saturated carbocycles. The summed E-state index contributed by atoms with van der Waals surface area (Å²) < 4.78 is 0. The van der Waals surface area contributed by atoms with E-state index in [2.05, 4.69) is 40.3 Å². The van der Waals surface area contributed by atoms with E-state index >= 15 is 0 Å². The highest BCUT2D eigenvalue weighted by Gasteiger charge is 2.16. The molecule has 0 amide bonds. The second-order valence-corrected chi connectivity index (χ2v) is 10.8. The molecule has 0 spiro atoms. The largest absolute Gasteiger partial charge is 0.400 e. The van der Waals surface area contributed by atoms with Gasteiger partial charge in [-0.3, -0.25) is 4.98 Å². The topological polar surface area (TPSA) is 58.9 Å². The van der Waals surface area contributed by atoms with E-state index < -0.39 is 0 Å². The van der Waals surface area contributed by atoms with Crippen LogP contribution in [0.25, 0.3) is 11.0 Å². The highest BCUT2D eigenvalue weighted by Crippen LogP contribution is 2.29. The van der Waals surface area contributed by atoms with Crippen LogP contribution in [0.15, 0.2) is 42.6 Å². The standard InChI is InChI=1S/C16H23N.C15H18N2.CH4O/c1-2-6-13(5-1)9-11-15-12-10-14-7-3-4-8-16(14)17-15;1-2-5-12(4-1)7-9-14-10-8-13-6-3-11-16-15(13)17-14;1-2/h10,12-13H,1-9,11H2;3,6,8,10-12H,1-2,4-5,7,9H2;2H,1H3. The first kappa shape index (κ1) is 26.7. The molecule has 0 radical (unpaired) electrons. The van der Waals surface area contributed by atoms with Gasteiger partial charge in [-0.05, 0) is 99.1 Å². The van der Waals surface area contributed by atoms with E-state index in [-0.39, 0.29) is 0 Å². The van der Waals surface area contributed by atoms with E-state index in [1.165, 1.54) is 119 Å². The maximum absolute atomic E-state index is 7.00. The number of hydrogen-bond acceptors (Lipinski definition) is 4. The van der Waals surface area contributed by atoms with Gasteiger partial charge in [0.25, 0.3) is 0 Å². The number of aliphatic hydroxyl groups excluding tert-OH is 1. The molecule has 0 atom stereocenters. The van der Waals surface area contributed by atoms with Gasteiger partial charge in [-0.2, -0.15) is 0 Å². The summed E-state index contributed by atoms with van der Waals surface area (Å²) in [4.78, 5) is 13.8. The Bertz CT molecular complexity index is 1050. The van der Waals surface area contributed by atoms with Gasteiger partial charge in [-0.15, -0.1) is 0 Å².